The van der Waals surface area contributed by atoms with Gasteiger partial charge < -0.3 is 5.73 Å². The molecule has 0 rings (SSSR count). The second kappa shape index (κ2) is 10.5. The molecule has 0 aromatic heterocycles. The molecule has 0 atom stereocenters. The van der Waals surface area contributed by atoms with Crippen LogP contribution in [-0.2, 0) is 4.79 Å². The van der Waals surface area contributed by atoms with Crippen molar-refractivity contribution in [3.63, 3.8) is 0 Å². The molecule has 0 heterocycles. The lowest BCUT2D eigenvalue weighted by Gasteiger charge is -2.06. The Bertz CT molecular complexity index is 209. The van der Waals surface area contributed by atoms with E-state index in [0.717, 1.165) is 31.7 Å². The van der Waals surface area contributed by atoms with Crippen molar-refractivity contribution in [2.75, 3.05) is 0 Å². The second-order valence-electron chi connectivity index (χ2n) is 4.41. The zero-order valence-corrected chi connectivity index (χ0v) is 13.5. The maximum absolute atomic E-state index is 10.5. The van der Waals surface area contributed by atoms with E-state index in [-0.39, 0.29) is 5.91 Å². The summed E-state index contributed by atoms with van der Waals surface area (Å²) in [6, 6.07) is -1.61. The Labute approximate surface area is 119 Å². The molecule has 17 heavy (non-hydrogen) atoms. The number of unbranched alkanes of at least 4 members (excludes halogenated alkanes) is 7. The molecular weight excluding hydrogens is 297 g/mol. The van der Waals surface area contributed by atoms with E-state index in [4.69, 9.17) is 39.0 Å². The Hall–Kier alpha value is 0.557. The van der Waals surface area contributed by atoms with Crippen molar-refractivity contribution in [3.05, 3.63) is 0 Å². The number of hydrogen-bond acceptors (Lipinski definition) is 1. The number of hydrogen-bond donors (Lipinski definition) is 1. The predicted octanol–water partition coefficient (Wildman–Crippen LogP) is 4.64. The van der Waals surface area contributed by atoms with Crippen molar-refractivity contribution in [1.29, 1.82) is 0 Å². The summed E-state index contributed by atoms with van der Waals surface area (Å²) in [5.74, 6) is -0.194. The van der Waals surface area contributed by atoms with Gasteiger partial charge in [0.2, 0.25) is 5.91 Å². The van der Waals surface area contributed by atoms with E-state index in [0.29, 0.717) is 6.42 Å². The highest BCUT2D eigenvalue weighted by Crippen LogP contribution is 2.27. The van der Waals surface area contributed by atoms with Crippen LogP contribution in [0, 0.1) is 0 Å². The van der Waals surface area contributed by atoms with Gasteiger partial charge in [-0.25, -0.2) is 0 Å². The van der Waals surface area contributed by atoms with E-state index in [1.165, 1.54) is 25.7 Å². The molecule has 0 aliphatic carbocycles. The highest BCUT2D eigenvalue weighted by molar-refractivity contribution is 7.64. The monoisotopic (exact) mass is 317 g/mol. The van der Waals surface area contributed by atoms with Gasteiger partial charge in [0.1, 0.15) is 0 Å². The zero-order valence-electron chi connectivity index (χ0n) is 10.2. The van der Waals surface area contributed by atoms with Gasteiger partial charge in [-0.2, -0.15) is 0 Å². The quantitative estimate of drug-likeness (QED) is 0.337. The molecule has 0 aromatic rings. The van der Waals surface area contributed by atoms with Crippen molar-refractivity contribution in [1.82, 2.24) is 0 Å². The number of carbonyl (C=O) groups excluding carboxylic acids is 1. The molecule has 102 valence electrons. The lowest BCUT2D eigenvalue weighted by atomic mass is 10.1. The fraction of sp³-hybridized carbons (Fsp3) is 0.909. The summed E-state index contributed by atoms with van der Waals surface area (Å²) in [5, 5.41) is 0. The lowest BCUT2D eigenvalue weighted by Crippen LogP contribution is -2.09. The number of amides is 1. The fourth-order valence-corrected chi connectivity index (χ4v) is 3.54. The maximum atomic E-state index is 10.5. The van der Waals surface area contributed by atoms with Crippen LogP contribution in [0.3, 0.4) is 0 Å². The van der Waals surface area contributed by atoms with Crippen LogP contribution in [0.25, 0.3) is 0 Å². The molecule has 0 radical (unpaired) electrons. The second-order valence-corrected chi connectivity index (χ2v) is 13.7. The fourth-order valence-electron chi connectivity index (χ4n) is 1.69. The van der Waals surface area contributed by atoms with Gasteiger partial charge in [-0.1, -0.05) is 44.9 Å². The van der Waals surface area contributed by atoms with E-state index >= 15 is 0 Å². The normalized spacial score (nSPS) is 11.7. The molecule has 2 N–H and O–H groups in total. The van der Waals surface area contributed by atoms with Gasteiger partial charge in [0.15, 0.2) is 0 Å². The minimum absolute atomic E-state index is 0.194. The average Bonchev–Trinajstić information content (AvgIpc) is 2.18. The molecule has 2 nitrogen and oxygen atoms in total. The predicted molar refractivity (Wildman–Crippen MR) is 78.9 cm³/mol. The van der Waals surface area contributed by atoms with Gasteiger partial charge >= 0.3 is 6.00 Å². The number of primary amides is 1. The van der Waals surface area contributed by atoms with Crippen LogP contribution in [0.2, 0.25) is 6.04 Å². The SMILES string of the molecule is NC(=O)CCCCCCCCCC[Si](Cl)(Cl)Cl. The highest BCUT2D eigenvalue weighted by atomic mass is 35.8. The smallest absolute Gasteiger partial charge is 0.341 e. The summed E-state index contributed by atoms with van der Waals surface area (Å²) >= 11 is 17.4. The third kappa shape index (κ3) is 16.6. The summed E-state index contributed by atoms with van der Waals surface area (Å²) < 4.78 is 0. The van der Waals surface area contributed by atoms with Crippen molar-refractivity contribution < 1.29 is 4.79 Å². The van der Waals surface area contributed by atoms with E-state index in [1.54, 1.807) is 0 Å². The van der Waals surface area contributed by atoms with Crippen molar-refractivity contribution in [2.24, 2.45) is 5.73 Å². The van der Waals surface area contributed by atoms with Gasteiger partial charge in [-0.15, -0.1) is 33.2 Å². The molecule has 0 unspecified atom stereocenters. The number of halogens is 3. The molecule has 0 bridgehead atoms. The van der Waals surface area contributed by atoms with E-state index in [9.17, 15) is 4.79 Å². The first-order valence-electron chi connectivity index (χ1n) is 6.27. The Morgan fingerprint density at radius 3 is 1.65 bits per heavy atom. The minimum atomic E-state index is -2.38. The van der Waals surface area contributed by atoms with E-state index in [1.807, 2.05) is 0 Å². The summed E-state index contributed by atoms with van der Waals surface area (Å²) in [4.78, 5) is 10.5. The zero-order chi connectivity index (χ0) is 13.1. The van der Waals surface area contributed by atoms with Gasteiger partial charge in [-0.3, -0.25) is 4.79 Å². The molecule has 1 amide bonds. The molecule has 0 spiro atoms. The molecule has 0 aliphatic heterocycles. The molecule has 0 fully saturated rings. The topological polar surface area (TPSA) is 43.1 Å². The molecule has 0 aliphatic rings. The molecular formula is C11H22Cl3NOSi. The Balaban J connectivity index is 3.06. The summed E-state index contributed by atoms with van der Waals surface area (Å²) in [7, 11) is 0. The molecule has 0 saturated carbocycles. The number of carbonyl (C=O) groups is 1. The highest BCUT2D eigenvalue weighted by Gasteiger charge is 2.23. The third-order valence-corrected chi connectivity index (χ3v) is 5.25. The van der Waals surface area contributed by atoms with Gasteiger partial charge in [0, 0.05) is 6.42 Å². The van der Waals surface area contributed by atoms with Crippen molar-refractivity contribution in [2.45, 2.75) is 63.8 Å². The largest absolute Gasteiger partial charge is 0.370 e. The van der Waals surface area contributed by atoms with Gasteiger partial charge in [0.05, 0.1) is 0 Å². The lowest BCUT2D eigenvalue weighted by molar-refractivity contribution is -0.118. The third-order valence-electron chi connectivity index (χ3n) is 2.63. The first kappa shape index (κ1) is 17.6. The molecule has 0 aromatic carbocycles. The Morgan fingerprint density at radius 2 is 1.24 bits per heavy atom. The van der Waals surface area contributed by atoms with E-state index < -0.39 is 6.00 Å². The molecule has 6 heteroatoms. The van der Waals surface area contributed by atoms with Crippen LogP contribution in [0.4, 0.5) is 0 Å². The number of rotatable bonds is 11. The van der Waals surface area contributed by atoms with E-state index in [2.05, 4.69) is 0 Å². The van der Waals surface area contributed by atoms with Crippen LogP contribution in [0.15, 0.2) is 0 Å². The van der Waals surface area contributed by atoms with Crippen LogP contribution in [0.5, 0.6) is 0 Å². The van der Waals surface area contributed by atoms with Crippen LogP contribution in [-0.4, -0.2) is 11.9 Å². The van der Waals surface area contributed by atoms with Crippen LogP contribution >= 0.6 is 33.2 Å². The summed E-state index contributed by atoms with van der Waals surface area (Å²) in [6.45, 7) is 0. The Morgan fingerprint density at radius 1 is 0.824 bits per heavy atom. The average molecular weight is 319 g/mol. The summed E-state index contributed by atoms with van der Waals surface area (Å²) in [5.41, 5.74) is 5.06. The standard InChI is InChI=1S/C11H22Cl3NOSi/c12-17(13,14)10-8-6-4-2-1-3-5-7-9-11(15)16/h1-10H2,(H2,15,16). The first-order chi connectivity index (χ1) is 7.92. The van der Waals surface area contributed by atoms with Crippen molar-refractivity contribution >= 4 is 45.1 Å². The van der Waals surface area contributed by atoms with Gasteiger partial charge in [-0.05, 0) is 12.5 Å². The summed E-state index contributed by atoms with van der Waals surface area (Å²) in [6.07, 6.45) is 9.60. The van der Waals surface area contributed by atoms with Crippen LogP contribution < -0.4 is 5.73 Å². The number of nitrogens with two attached hydrogens (primary N) is 1. The minimum Gasteiger partial charge on any atom is -0.370 e. The van der Waals surface area contributed by atoms with Crippen molar-refractivity contribution in [3.8, 4) is 0 Å². The molecule has 0 saturated heterocycles. The maximum Gasteiger partial charge on any atom is 0.341 e. The van der Waals surface area contributed by atoms with Crippen LogP contribution in [0.1, 0.15) is 57.8 Å². The first-order valence-corrected chi connectivity index (χ1v) is 11.5. The van der Waals surface area contributed by atoms with Gasteiger partial charge in [0.25, 0.3) is 0 Å². The Kier molecular flexibility index (Phi) is 10.8.